The van der Waals surface area contributed by atoms with Gasteiger partial charge in [0.1, 0.15) is 6.61 Å². The van der Waals surface area contributed by atoms with Gasteiger partial charge in [0.05, 0.1) is 12.7 Å². The van der Waals surface area contributed by atoms with E-state index in [0.29, 0.717) is 6.61 Å². The van der Waals surface area contributed by atoms with Crippen molar-refractivity contribution in [3.8, 4) is 0 Å². The number of hydrogen-bond acceptors (Lipinski definition) is 4. The summed E-state index contributed by atoms with van der Waals surface area (Å²) in [4.78, 5) is 10.2. The summed E-state index contributed by atoms with van der Waals surface area (Å²) in [5.74, 6) is 0. The van der Waals surface area contributed by atoms with E-state index < -0.39 is 6.09 Å². The molecule has 11 heavy (non-hydrogen) atoms. The first-order chi connectivity index (χ1) is 5.18. The maximum Gasteiger partial charge on any atom is 0.404 e. The van der Waals surface area contributed by atoms with Crippen LogP contribution in [0.2, 0.25) is 0 Å². The van der Waals surface area contributed by atoms with Crippen LogP contribution in [-0.4, -0.2) is 30.7 Å². The zero-order valence-corrected chi connectivity index (χ0v) is 6.92. The van der Waals surface area contributed by atoms with Crippen molar-refractivity contribution in [2.24, 2.45) is 5.73 Å². The van der Waals surface area contributed by atoms with Crippen molar-refractivity contribution in [3.05, 3.63) is 0 Å². The average molecular weight is 177 g/mol. The monoisotopic (exact) mass is 177 g/mol. The second-order valence-electron chi connectivity index (χ2n) is 2.47. The molecule has 2 atom stereocenters. The topological polar surface area (TPSA) is 61.6 Å². The largest absolute Gasteiger partial charge is 0.447 e. The Balaban J connectivity index is 2.13. The molecule has 0 saturated carbocycles. The fraction of sp³-hybridized carbons (Fsp3) is 0.833. The molecule has 1 saturated heterocycles. The lowest BCUT2D eigenvalue weighted by molar-refractivity contribution is 0.0471. The number of hydrogen-bond donors (Lipinski definition) is 2. The van der Waals surface area contributed by atoms with Crippen LogP contribution in [0, 0.1) is 0 Å². The Morgan fingerprint density at radius 1 is 1.82 bits per heavy atom. The predicted octanol–water partition coefficient (Wildman–Crippen LogP) is 0.169. The molecular formula is C6H11NO3S. The van der Waals surface area contributed by atoms with Crippen LogP contribution in [0.25, 0.3) is 0 Å². The van der Waals surface area contributed by atoms with Gasteiger partial charge in [-0.25, -0.2) is 4.79 Å². The standard InChI is InChI=1S/C6H11NO3S/c7-6(8)10-2-4-1-5(11)3-9-4/h4-5,11H,1-3H2,(H2,7,8)/t4-,5-/m1/s1. The molecule has 0 aromatic carbocycles. The van der Waals surface area contributed by atoms with Crippen LogP contribution in [0.1, 0.15) is 6.42 Å². The van der Waals surface area contributed by atoms with Crippen molar-refractivity contribution >= 4 is 18.7 Å². The second-order valence-corrected chi connectivity index (χ2v) is 3.21. The highest BCUT2D eigenvalue weighted by atomic mass is 32.1. The third-order valence-corrected chi connectivity index (χ3v) is 1.83. The molecule has 0 unspecified atom stereocenters. The summed E-state index contributed by atoms with van der Waals surface area (Å²) in [6, 6.07) is 0. The quantitative estimate of drug-likeness (QED) is 0.591. The van der Waals surface area contributed by atoms with Crippen LogP contribution in [0.5, 0.6) is 0 Å². The maximum atomic E-state index is 10.2. The van der Waals surface area contributed by atoms with E-state index >= 15 is 0 Å². The lowest BCUT2D eigenvalue weighted by atomic mass is 10.2. The van der Waals surface area contributed by atoms with Gasteiger partial charge in [-0.05, 0) is 6.42 Å². The van der Waals surface area contributed by atoms with Crippen LogP contribution in [-0.2, 0) is 9.47 Å². The SMILES string of the molecule is NC(=O)OC[C@H]1C[C@@H](S)CO1. The summed E-state index contributed by atoms with van der Waals surface area (Å²) in [7, 11) is 0. The summed E-state index contributed by atoms with van der Waals surface area (Å²) in [6.45, 7) is 0.863. The third-order valence-electron chi connectivity index (χ3n) is 1.47. The minimum absolute atomic E-state index is 0.0231. The van der Waals surface area contributed by atoms with Crippen molar-refractivity contribution in [2.45, 2.75) is 17.8 Å². The lowest BCUT2D eigenvalue weighted by Gasteiger charge is -2.07. The molecule has 1 fully saturated rings. The summed E-state index contributed by atoms with van der Waals surface area (Å²) < 4.78 is 9.76. The van der Waals surface area contributed by atoms with Gasteiger partial charge in [0.15, 0.2) is 0 Å². The van der Waals surface area contributed by atoms with Gasteiger partial charge in [-0.3, -0.25) is 0 Å². The molecule has 0 aromatic rings. The Kier molecular flexibility index (Phi) is 3.02. The smallest absolute Gasteiger partial charge is 0.404 e. The van der Waals surface area contributed by atoms with Gasteiger partial charge in [-0.2, -0.15) is 12.6 Å². The van der Waals surface area contributed by atoms with Gasteiger partial charge in [-0.1, -0.05) is 0 Å². The number of carbonyl (C=O) groups excluding carboxylic acids is 1. The average Bonchev–Trinajstić information content (AvgIpc) is 2.31. The van der Waals surface area contributed by atoms with Crippen LogP contribution >= 0.6 is 12.6 Å². The highest BCUT2D eigenvalue weighted by Gasteiger charge is 2.23. The molecule has 4 nitrogen and oxygen atoms in total. The Hall–Kier alpha value is -0.420. The van der Waals surface area contributed by atoms with Crippen molar-refractivity contribution in [2.75, 3.05) is 13.2 Å². The number of amides is 1. The zero-order valence-electron chi connectivity index (χ0n) is 6.03. The molecule has 0 aliphatic carbocycles. The minimum atomic E-state index is -0.754. The van der Waals surface area contributed by atoms with Crippen molar-refractivity contribution < 1.29 is 14.3 Å². The number of primary amides is 1. The molecule has 1 amide bonds. The van der Waals surface area contributed by atoms with Crippen LogP contribution < -0.4 is 5.73 Å². The highest BCUT2D eigenvalue weighted by Crippen LogP contribution is 2.17. The van der Waals surface area contributed by atoms with E-state index in [-0.39, 0.29) is 18.0 Å². The Morgan fingerprint density at radius 3 is 3.00 bits per heavy atom. The van der Waals surface area contributed by atoms with Crippen LogP contribution in [0.4, 0.5) is 4.79 Å². The van der Waals surface area contributed by atoms with Gasteiger partial charge in [0.2, 0.25) is 0 Å². The highest BCUT2D eigenvalue weighted by molar-refractivity contribution is 7.81. The van der Waals surface area contributed by atoms with Crippen LogP contribution in [0.15, 0.2) is 0 Å². The van der Waals surface area contributed by atoms with E-state index in [2.05, 4.69) is 17.4 Å². The molecule has 1 aliphatic heterocycles. The van der Waals surface area contributed by atoms with Gasteiger partial charge >= 0.3 is 6.09 Å². The van der Waals surface area contributed by atoms with E-state index in [9.17, 15) is 4.79 Å². The predicted molar refractivity (Wildman–Crippen MR) is 42.7 cm³/mol. The van der Waals surface area contributed by atoms with Gasteiger partial charge in [-0.15, -0.1) is 0 Å². The first kappa shape index (κ1) is 8.67. The third kappa shape index (κ3) is 2.98. The minimum Gasteiger partial charge on any atom is -0.447 e. The van der Waals surface area contributed by atoms with Crippen molar-refractivity contribution in [3.63, 3.8) is 0 Å². The first-order valence-corrected chi connectivity index (χ1v) is 3.92. The zero-order chi connectivity index (χ0) is 8.27. The number of carbonyl (C=O) groups is 1. The molecule has 1 rings (SSSR count). The molecule has 1 heterocycles. The Morgan fingerprint density at radius 2 is 2.55 bits per heavy atom. The molecule has 0 radical (unpaired) electrons. The maximum absolute atomic E-state index is 10.2. The molecule has 0 aromatic heterocycles. The van der Waals surface area contributed by atoms with E-state index in [0.717, 1.165) is 6.42 Å². The Labute approximate surface area is 70.4 Å². The van der Waals surface area contributed by atoms with E-state index in [1.807, 2.05) is 0 Å². The second kappa shape index (κ2) is 3.82. The number of ether oxygens (including phenoxy) is 2. The van der Waals surface area contributed by atoms with E-state index in [1.165, 1.54) is 0 Å². The van der Waals surface area contributed by atoms with Gasteiger partial charge in [0.25, 0.3) is 0 Å². The van der Waals surface area contributed by atoms with E-state index in [4.69, 9.17) is 10.5 Å². The van der Waals surface area contributed by atoms with Crippen LogP contribution in [0.3, 0.4) is 0 Å². The number of nitrogens with two attached hydrogens (primary N) is 1. The molecule has 5 heteroatoms. The molecule has 0 bridgehead atoms. The molecule has 2 N–H and O–H groups in total. The number of rotatable bonds is 2. The molecule has 0 spiro atoms. The van der Waals surface area contributed by atoms with Crippen molar-refractivity contribution in [1.82, 2.24) is 0 Å². The summed E-state index contributed by atoms with van der Waals surface area (Å²) in [5.41, 5.74) is 4.77. The van der Waals surface area contributed by atoms with E-state index in [1.54, 1.807) is 0 Å². The molecule has 64 valence electrons. The summed E-state index contributed by atoms with van der Waals surface area (Å²) in [6.07, 6.45) is 0.0392. The lowest BCUT2D eigenvalue weighted by Crippen LogP contribution is -2.21. The fourth-order valence-corrected chi connectivity index (χ4v) is 1.30. The summed E-state index contributed by atoms with van der Waals surface area (Å²) >= 11 is 4.20. The van der Waals surface area contributed by atoms with Crippen molar-refractivity contribution in [1.29, 1.82) is 0 Å². The fourth-order valence-electron chi connectivity index (χ4n) is 0.978. The normalized spacial score (nSPS) is 30.3. The molecule has 1 aliphatic rings. The van der Waals surface area contributed by atoms with Gasteiger partial charge in [0, 0.05) is 5.25 Å². The van der Waals surface area contributed by atoms with Gasteiger partial charge < -0.3 is 15.2 Å². The molecular weight excluding hydrogens is 166 g/mol. The summed E-state index contributed by atoms with van der Waals surface area (Å²) in [5, 5.41) is 0.261. The Bertz CT molecular complexity index is 153. The number of thiol groups is 1. The first-order valence-electron chi connectivity index (χ1n) is 3.40.